The summed E-state index contributed by atoms with van der Waals surface area (Å²) in [5.41, 5.74) is 1.59. The molecule has 0 unspecified atom stereocenters. The zero-order chi connectivity index (χ0) is 19.8. The third-order valence-electron chi connectivity index (χ3n) is 4.87. The van der Waals surface area contributed by atoms with Crippen LogP contribution in [0, 0.1) is 6.92 Å². The van der Waals surface area contributed by atoms with E-state index in [4.69, 9.17) is 17.0 Å². The molecule has 28 heavy (non-hydrogen) atoms. The molecule has 4 rings (SSSR count). The monoisotopic (exact) mass is 416 g/mol. The first kappa shape index (κ1) is 19.1. The molecule has 1 atom stereocenters. The highest BCUT2D eigenvalue weighted by Crippen LogP contribution is 2.32. The Balaban J connectivity index is 1.81. The van der Waals surface area contributed by atoms with Gasteiger partial charge < -0.3 is 10.1 Å². The van der Waals surface area contributed by atoms with Crippen LogP contribution in [0.1, 0.15) is 24.0 Å². The summed E-state index contributed by atoms with van der Waals surface area (Å²) in [6, 6.07) is 3.72. The first-order valence-electron chi connectivity index (χ1n) is 9.04. The number of anilines is 1. The van der Waals surface area contributed by atoms with Crippen LogP contribution < -0.4 is 10.9 Å². The first-order valence-corrected chi connectivity index (χ1v) is 10.3. The highest BCUT2D eigenvalue weighted by Gasteiger charge is 2.29. The van der Waals surface area contributed by atoms with E-state index in [0.717, 1.165) is 25.0 Å². The van der Waals surface area contributed by atoms with E-state index in [2.05, 4.69) is 10.3 Å². The SMILES string of the molecule is Cc1cccn2c(=O)c(/C=C3/SC(=S)N(C)C3=O)c(NC[C@H]3CCCO3)nc12. The Bertz CT molecular complexity index is 1060. The topological polar surface area (TPSA) is 75.9 Å². The lowest BCUT2D eigenvalue weighted by Gasteiger charge is -2.15. The van der Waals surface area contributed by atoms with Crippen molar-refractivity contribution < 1.29 is 9.53 Å². The Morgan fingerprint density at radius 2 is 2.29 bits per heavy atom. The van der Waals surface area contributed by atoms with Crippen molar-refractivity contribution in [2.75, 3.05) is 25.5 Å². The number of hydrogen-bond acceptors (Lipinski definition) is 7. The number of nitrogens with one attached hydrogen (secondary N) is 1. The first-order chi connectivity index (χ1) is 13.5. The molecule has 2 fully saturated rings. The number of thioether (sulfide) groups is 1. The van der Waals surface area contributed by atoms with Gasteiger partial charge in [-0.25, -0.2) is 4.98 Å². The maximum absolute atomic E-state index is 13.2. The van der Waals surface area contributed by atoms with Gasteiger partial charge in [0.15, 0.2) is 0 Å². The van der Waals surface area contributed by atoms with Crippen LogP contribution >= 0.6 is 24.0 Å². The highest BCUT2D eigenvalue weighted by atomic mass is 32.2. The summed E-state index contributed by atoms with van der Waals surface area (Å²) in [4.78, 5) is 32.1. The maximum atomic E-state index is 13.2. The smallest absolute Gasteiger partial charge is 0.267 e. The fraction of sp³-hybridized carbons (Fsp3) is 0.368. The van der Waals surface area contributed by atoms with Crippen LogP contribution in [0.25, 0.3) is 11.7 Å². The fourth-order valence-corrected chi connectivity index (χ4v) is 4.43. The van der Waals surface area contributed by atoms with Crippen LogP contribution in [0.3, 0.4) is 0 Å². The maximum Gasteiger partial charge on any atom is 0.267 e. The molecule has 146 valence electrons. The molecule has 2 aliphatic rings. The highest BCUT2D eigenvalue weighted by molar-refractivity contribution is 8.26. The normalized spacial score (nSPS) is 21.3. The molecule has 2 aromatic rings. The number of likely N-dealkylation sites (N-methyl/N-ethyl adjacent to an activating group) is 1. The van der Waals surface area contributed by atoms with Gasteiger partial charge >= 0.3 is 0 Å². The summed E-state index contributed by atoms with van der Waals surface area (Å²) in [6.45, 7) is 3.22. The second kappa shape index (κ2) is 7.65. The molecule has 0 radical (unpaired) electrons. The average Bonchev–Trinajstić information content (AvgIpc) is 3.28. The predicted molar refractivity (Wildman–Crippen MR) is 115 cm³/mol. The largest absolute Gasteiger partial charge is 0.376 e. The van der Waals surface area contributed by atoms with Gasteiger partial charge in [0.25, 0.3) is 11.5 Å². The molecular formula is C19H20N4O3S2. The van der Waals surface area contributed by atoms with Crippen molar-refractivity contribution >= 4 is 51.7 Å². The quantitative estimate of drug-likeness (QED) is 0.606. The van der Waals surface area contributed by atoms with Crippen molar-refractivity contribution in [1.82, 2.24) is 14.3 Å². The molecule has 0 bridgehead atoms. The molecule has 1 amide bonds. The molecule has 2 aliphatic heterocycles. The van der Waals surface area contributed by atoms with Crippen LogP contribution in [0.15, 0.2) is 28.0 Å². The summed E-state index contributed by atoms with van der Waals surface area (Å²) in [5, 5.41) is 3.27. The predicted octanol–water partition coefficient (Wildman–Crippen LogP) is 2.42. The van der Waals surface area contributed by atoms with Crippen molar-refractivity contribution in [2.45, 2.75) is 25.9 Å². The fourth-order valence-electron chi connectivity index (χ4n) is 3.27. The van der Waals surface area contributed by atoms with Crippen molar-refractivity contribution in [3.8, 4) is 0 Å². The van der Waals surface area contributed by atoms with E-state index < -0.39 is 0 Å². The van der Waals surface area contributed by atoms with Crippen LogP contribution in [-0.2, 0) is 9.53 Å². The zero-order valence-electron chi connectivity index (χ0n) is 15.6. The molecule has 0 aromatic carbocycles. The number of carbonyl (C=O) groups is 1. The number of amides is 1. The molecule has 1 N–H and O–H groups in total. The number of fused-ring (bicyclic) bond motifs is 1. The molecule has 2 aromatic heterocycles. The molecular weight excluding hydrogens is 396 g/mol. The lowest BCUT2D eigenvalue weighted by Crippen LogP contribution is -2.25. The lowest BCUT2D eigenvalue weighted by molar-refractivity contribution is -0.121. The van der Waals surface area contributed by atoms with Crippen molar-refractivity contribution in [3.05, 3.63) is 44.7 Å². The molecule has 2 saturated heterocycles. The van der Waals surface area contributed by atoms with Gasteiger partial charge in [-0.2, -0.15) is 0 Å². The number of thiocarbonyl (C=S) groups is 1. The molecule has 0 aliphatic carbocycles. The van der Waals surface area contributed by atoms with Gasteiger partial charge in [0, 0.05) is 26.4 Å². The van der Waals surface area contributed by atoms with Crippen LogP contribution in [-0.4, -0.2) is 50.8 Å². The minimum atomic E-state index is -0.232. The Morgan fingerprint density at radius 1 is 1.46 bits per heavy atom. The molecule has 0 spiro atoms. The average molecular weight is 417 g/mol. The number of nitrogens with zero attached hydrogens (tertiary/aromatic N) is 3. The Labute approximate surface area is 171 Å². The molecule has 4 heterocycles. The third-order valence-corrected chi connectivity index (χ3v) is 6.35. The summed E-state index contributed by atoms with van der Waals surface area (Å²) in [6.07, 6.45) is 5.38. The van der Waals surface area contributed by atoms with E-state index in [0.29, 0.717) is 32.8 Å². The van der Waals surface area contributed by atoms with Gasteiger partial charge in [0.1, 0.15) is 15.8 Å². The summed E-state index contributed by atoms with van der Waals surface area (Å²) >= 11 is 6.38. The number of carbonyl (C=O) groups excluding carboxylic acids is 1. The molecule has 9 heteroatoms. The van der Waals surface area contributed by atoms with Gasteiger partial charge in [-0.05, 0) is 37.5 Å². The summed E-state index contributed by atoms with van der Waals surface area (Å²) < 4.78 is 7.64. The Hall–Kier alpha value is -2.23. The molecule has 0 saturated carbocycles. The number of ether oxygens (including phenoxy) is 1. The van der Waals surface area contributed by atoms with E-state index >= 15 is 0 Å². The van der Waals surface area contributed by atoms with E-state index in [1.165, 1.54) is 21.1 Å². The van der Waals surface area contributed by atoms with Gasteiger partial charge in [0.05, 0.1) is 16.6 Å². The zero-order valence-corrected chi connectivity index (χ0v) is 17.2. The third kappa shape index (κ3) is 3.45. The Morgan fingerprint density at radius 3 is 2.96 bits per heavy atom. The van der Waals surface area contributed by atoms with Gasteiger partial charge in [-0.1, -0.05) is 30.0 Å². The van der Waals surface area contributed by atoms with Crippen molar-refractivity contribution in [1.29, 1.82) is 0 Å². The van der Waals surface area contributed by atoms with Crippen molar-refractivity contribution in [2.24, 2.45) is 0 Å². The molecule has 7 nitrogen and oxygen atoms in total. The van der Waals surface area contributed by atoms with E-state index in [9.17, 15) is 9.59 Å². The summed E-state index contributed by atoms with van der Waals surface area (Å²) in [5.74, 6) is 0.241. The van der Waals surface area contributed by atoms with Crippen LogP contribution in [0.5, 0.6) is 0 Å². The second-order valence-corrected chi connectivity index (χ2v) is 8.50. The number of hydrogen-bond donors (Lipinski definition) is 1. The van der Waals surface area contributed by atoms with Gasteiger partial charge in [0.2, 0.25) is 0 Å². The van der Waals surface area contributed by atoms with Gasteiger partial charge in [-0.3, -0.25) is 18.9 Å². The standard InChI is InChI=1S/C19H20N4O3S2/c1-11-5-3-7-23-16(11)21-15(20-10-12-6-4-8-26-12)13(17(23)24)9-14-18(25)22(2)19(27)28-14/h3,5,7,9,12,20H,4,6,8,10H2,1-2H3/b14-9+/t12-/m1/s1. The van der Waals surface area contributed by atoms with E-state index in [1.54, 1.807) is 25.4 Å². The number of rotatable bonds is 4. The Kier molecular flexibility index (Phi) is 5.22. The number of aromatic nitrogens is 2. The lowest BCUT2D eigenvalue weighted by atomic mass is 10.2. The minimum Gasteiger partial charge on any atom is -0.376 e. The van der Waals surface area contributed by atoms with Gasteiger partial charge in [-0.15, -0.1) is 0 Å². The second-order valence-electron chi connectivity index (χ2n) is 6.82. The number of aryl methyl sites for hydroxylation is 1. The minimum absolute atomic E-state index is 0.0961. The van der Waals surface area contributed by atoms with Crippen LogP contribution in [0.2, 0.25) is 0 Å². The summed E-state index contributed by atoms with van der Waals surface area (Å²) in [7, 11) is 1.63. The van der Waals surface area contributed by atoms with E-state index in [-0.39, 0.29) is 17.6 Å². The number of pyridine rings is 1. The van der Waals surface area contributed by atoms with Crippen molar-refractivity contribution in [3.63, 3.8) is 0 Å². The van der Waals surface area contributed by atoms with E-state index in [1.807, 2.05) is 13.0 Å². The van der Waals surface area contributed by atoms with Crippen LogP contribution in [0.4, 0.5) is 5.82 Å².